The van der Waals surface area contributed by atoms with Crippen molar-refractivity contribution < 1.29 is 9.13 Å². The van der Waals surface area contributed by atoms with Gasteiger partial charge in [-0.25, -0.2) is 4.39 Å². The molecule has 0 saturated heterocycles. The van der Waals surface area contributed by atoms with Crippen molar-refractivity contribution in [3.63, 3.8) is 0 Å². The van der Waals surface area contributed by atoms with Gasteiger partial charge >= 0.3 is 0 Å². The average molecular weight is 330 g/mol. The van der Waals surface area contributed by atoms with Crippen LogP contribution < -0.4 is 10.5 Å². The maximum absolute atomic E-state index is 14.5. The average Bonchev–Trinajstić information content (AvgIpc) is 2.77. The van der Waals surface area contributed by atoms with Gasteiger partial charge in [0.2, 0.25) is 0 Å². The number of halogens is 2. The first kappa shape index (κ1) is 14.8. The second-order valence-electron chi connectivity index (χ2n) is 5.52. The molecule has 0 spiro atoms. The zero-order valence-electron chi connectivity index (χ0n) is 11.5. The highest BCUT2D eigenvalue weighted by Crippen LogP contribution is 2.35. The number of hydrogen-bond acceptors (Lipinski definition) is 2. The van der Waals surface area contributed by atoms with Crippen LogP contribution in [0.1, 0.15) is 25.0 Å². The summed E-state index contributed by atoms with van der Waals surface area (Å²) in [5, 5.41) is 0. The molecule has 1 aromatic rings. The smallest absolute Gasteiger partial charge is 0.125 e. The lowest BCUT2D eigenvalue weighted by Crippen LogP contribution is -2.30. The summed E-state index contributed by atoms with van der Waals surface area (Å²) in [5.74, 6) is 1.03. The lowest BCUT2D eigenvalue weighted by atomic mass is 9.87. The Hall–Kier alpha value is -0.610. The van der Waals surface area contributed by atoms with E-state index in [-0.39, 0.29) is 11.8 Å². The minimum Gasteiger partial charge on any atom is -0.493 e. The van der Waals surface area contributed by atoms with Gasteiger partial charge in [-0.1, -0.05) is 29.8 Å². The first-order chi connectivity index (χ1) is 9.02. The normalized spacial score (nSPS) is 17.2. The SMILES string of the molecule is CC(C)C(CN)C(F)Cc1cc(Br)cc2c1OCC2. The Labute approximate surface area is 122 Å². The van der Waals surface area contributed by atoms with E-state index < -0.39 is 6.17 Å². The van der Waals surface area contributed by atoms with Crippen molar-refractivity contribution in [1.82, 2.24) is 0 Å². The Kier molecular flexibility index (Phi) is 4.85. The van der Waals surface area contributed by atoms with Crippen LogP contribution in [0.3, 0.4) is 0 Å². The zero-order chi connectivity index (χ0) is 14.0. The van der Waals surface area contributed by atoms with Crippen molar-refractivity contribution in [2.45, 2.75) is 32.9 Å². The predicted octanol–water partition coefficient (Wildman–Crippen LogP) is 3.50. The maximum Gasteiger partial charge on any atom is 0.125 e. The third kappa shape index (κ3) is 3.29. The number of ether oxygens (including phenoxy) is 1. The molecule has 2 nitrogen and oxygen atoms in total. The maximum atomic E-state index is 14.5. The van der Waals surface area contributed by atoms with Crippen molar-refractivity contribution in [2.75, 3.05) is 13.2 Å². The van der Waals surface area contributed by atoms with Crippen LogP contribution in [-0.2, 0) is 12.8 Å². The number of alkyl halides is 1. The van der Waals surface area contributed by atoms with Gasteiger partial charge in [0.15, 0.2) is 0 Å². The molecule has 0 saturated carbocycles. The van der Waals surface area contributed by atoms with E-state index in [4.69, 9.17) is 10.5 Å². The number of hydrogen-bond donors (Lipinski definition) is 1. The fourth-order valence-electron chi connectivity index (χ4n) is 2.70. The summed E-state index contributed by atoms with van der Waals surface area (Å²) < 4.78 is 21.1. The first-order valence-electron chi connectivity index (χ1n) is 6.81. The molecule has 0 bridgehead atoms. The molecule has 0 aromatic heterocycles. The summed E-state index contributed by atoms with van der Waals surface area (Å²) >= 11 is 3.49. The molecule has 2 N–H and O–H groups in total. The molecule has 106 valence electrons. The van der Waals surface area contributed by atoms with Crippen LogP contribution >= 0.6 is 15.9 Å². The van der Waals surface area contributed by atoms with Gasteiger partial charge in [-0.2, -0.15) is 0 Å². The van der Waals surface area contributed by atoms with Gasteiger partial charge in [0.1, 0.15) is 11.9 Å². The second-order valence-corrected chi connectivity index (χ2v) is 6.43. The van der Waals surface area contributed by atoms with Crippen LogP contribution in [0.15, 0.2) is 16.6 Å². The molecule has 0 amide bonds. The van der Waals surface area contributed by atoms with Gasteiger partial charge in [-0.15, -0.1) is 0 Å². The molecule has 2 unspecified atom stereocenters. The van der Waals surface area contributed by atoms with E-state index in [0.29, 0.717) is 19.6 Å². The fraction of sp³-hybridized carbons (Fsp3) is 0.600. The highest BCUT2D eigenvalue weighted by atomic mass is 79.9. The predicted molar refractivity (Wildman–Crippen MR) is 79.3 cm³/mol. The van der Waals surface area contributed by atoms with Crippen LogP contribution in [0.25, 0.3) is 0 Å². The summed E-state index contributed by atoms with van der Waals surface area (Å²) in [4.78, 5) is 0. The van der Waals surface area contributed by atoms with Gasteiger partial charge in [0.25, 0.3) is 0 Å². The van der Waals surface area contributed by atoms with Gasteiger partial charge in [0, 0.05) is 23.2 Å². The molecule has 0 radical (unpaired) electrons. The highest BCUT2D eigenvalue weighted by Gasteiger charge is 2.26. The number of benzene rings is 1. The number of nitrogens with two attached hydrogens (primary N) is 1. The van der Waals surface area contributed by atoms with Gasteiger partial charge in [-0.05, 0) is 35.7 Å². The largest absolute Gasteiger partial charge is 0.493 e. The first-order valence-corrected chi connectivity index (χ1v) is 7.60. The molecule has 0 aliphatic carbocycles. The van der Waals surface area contributed by atoms with Gasteiger partial charge in [-0.3, -0.25) is 0 Å². The molecule has 0 fully saturated rings. The van der Waals surface area contributed by atoms with E-state index in [9.17, 15) is 4.39 Å². The fourth-order valence-corrected chi connectivity index (χ4v) is 3.25. The molecule has 2 rings (SSSR count). The van der Waals surface area contributed by atoms with E-state index in [1.807, 2.05) is 19.9 Å². The highest BCUT2D eigenvalue weighted by molar-refractivity contribution is 9.10. The molecule has 4 heteroatoms. The monoisotopic (exact) mass is 329 g/mol. The lowest BCUT2D eigenvalue weighted by Gasteiger charge is -2.23. The minimum atomic E-state index is -0.924. The van der Waals surface area contributed by atoms with E-state index in [1.165, 1.54) is 5.56 Å². The quantitative estimate of drug-likeness (QED) is 0.897. The molecular weight excluding hydrogens is 309 g/mol. The third-order valence-electron chi connectivity index (χ3n) is 3.83. The van der Waals surface area contributed by atoms with Crippen LogP contribution in [0.5, 0.6) is 5.75 Å². The summed E-state index contributed by atoms with van der Waals surface area (Å²) in [7, 11) is 0. The zero-order valence-corrected chi connectivity index (χ0v) is 13.0. The molecular formula is C15H21BrFNO. The van der Waals surface area contributed by atoms with Gasteiger partial charge < -0.3 is 10.5 Å². The topological polar surface area (TPSA) is 35.2 Å². The van der Waals surface area contributed by atoms with Crippen molar-refractivity contribution in [1.29, 1.82) is 0 Å². The van der Waals surface area contributed by atoms with E-state index in [0.717, 1.165) is 22.2 Å². The summed E-state index contributed by atoms with van der Waals surface area (Å²) in [5.41, 5.74) is 7.81. The Bertz CT molecular complexity index is 450. The number of fused-ring (bicyclic) bond motifs is 1. The second kappa shape index (κ2) is 6.23. The standard InChI is InChI=1S/C15H21BrFNO/c1-9(2)13(8-18)14(17)7-11-6-12(16)5-10-3-4-19-15(10)11/h5-6,9,13-14H,3-4,7-8,18H2,1-2H3. The van der Waals surface area contributed by atoms with Crippen molar-refractivity contribution >= 4 is 15.9 Å². The number of rotatable bonds is 5. The van der Waals surface area contributed by atoms with E-state index in [1.54, 1.807) is 0 Å². The van der Waals surface area contributed by atoms with Crippen LogP contribution in [0.4, 0.5) is 4.39 Å². The summed E-state index contributed by atoms with van der Waals surface area (Å²) in [6.45, 7) is 5.12. The van der Waals surface area contributed by atoms with Gasteiger partial charge in [0.05, 0.1) is 6.61 Å². The Morgan fingerprint density at radius 1 is 1.42 bits per heavy atom. The van der Waals surface area contributed by atoms with Crippen molar-refractivity contribution in [3.8, 4) is 5.75 Å². The summed E-state index contributed by atoms with van der Waals surface area (Å²) in [6, 6.07) is 4.02. The van der Waals surface area contributed by atoms with E-state index >= 15 is 0 Å². The molecule has 2 atom stereocenters. The van der Waals surface area contributed by atoms with E-state index in [2.05, 4.69) is 22.0 Å². The van der Waals surface area contributed by atoms with Crippen LogP contribution in [0.2, 0.25) is 0 Å². The van der Waals surface area contributed by atoms with Crippen molar-refractivity contribution in [2.24, 2.45) is 17.6 Å². The lowest BCUT2D eigenvalue weighted by molar-refractivity contribution is 0.184. The molecule has 1 aliphatic heterocycles. The Balaban J connectivity index is 2.19. The van der Waals surface area contributed by atoms with Crippen LogP contribution in [-0.4, -0.2) is 19.3 Å². The molecule has 1 heterocycles. The van der Waals surface area contributed by atoms with Crippen molar-refractivity contribution in [3.05, 3.63) is 27.7 Å². The molecule has 19 heavy (non-hydrogen) atoms. The summed E-state index contributed by atoms with van der Waals surface area (Å²) in [6.07, 6.45) is 0.359. The minimum absolute atomic E-state index is 0.101. The Morgan fingerprint density at radius 2 is 2.16 bits per heavy atom. The molecule has 1 aliphatic rings. The molecule has 1 aromatic carbocycles. The Morgan fingerprint density at radius 3 is 2.79 bits per heavy atom. The van der Waals surface area contributed by atoms with Crippen LogP contribution in [0, 0.1) is 11.8 Å². The third-order valence-corrected chi connectivity index (χ3v) is 4.29.